The molecule has 3 N–H and O–H groups in total. The van der Waals surface area contributed by atoms with Crippen molar-refractivity contribution in [1.29, 1.82) is 0 Å². The molecule has 1 aliphatic rings. The molecule has 0 aliphatic heterocycles. The van der Waals surface area contributed by atoms with Crippen LogP contribution in [0, 0.1) is 5.92 Å². The van der Waals surface area contributed by atoms with E-state index in [2.05, 4.69) is 5.32 Å². The zero-order chi connectivity index (χ0) is 14.8. The molecule has 0 amide bonds. The zero-order valence-corrected chi connectivity index (χ0v) is 11.0. The van der Waals surface area contributed by atoms with E-state index in [1.807, 2.05) is 0 Å². The standard InChI is InChI=1S/C14H18F3NO2/c15-14(16,17)10-3-1-2-4-11(10)18-8-9-5-6-12(19)13(20)7-9/h5-7,10-11,18-20H,1-4,8H2. The van der Waals surface area contributed by atoms with Crippen LogP contribution >= 0.6 is 0 Å². The van der Waals surface area contributed by atoms with Crippen LogP contribution in [0.2, 0.25) is 0 Å². The van der Waals surface area contributed by atoms with Crippen molar-refractivity contribution in [2.24, 2.45) is 5.92 Å². The fraction of sp³-hybridized carbons (Fsp3) is 0.571. The number of hydrogen-bond donors (Lipinski definition) is 3. The van der Waals surface area contributed by atoms with Crippen LogP contribution in [0.4, 0.5) is 13.2 Å². The third-order valence-corrected chi connectivity index (χ3v) is 3.79. The SMILES string of the molecule is Oc1ccc(CNC2CCCCC2C(F)(F)F)cc1O. The first kappa shape index (κ1) is 15.0. The van der Waals surface area contributed by atoms with E-state index < -0.39 is 18.1 Å². The van der Waals surface area contributed by atoms with Gasteiger partial charge in [0.2, 0.25) is 0 Å². The Kier molecular flexibility index (Phi) is 4.42. The van der Waals surface area contributed by atoms with Gasteiger partial charge in [0, 0.05) is 12.6 Å². The van der Waals surface area contributed by atoms with Gasteiger partial charge in [-0.1, -0.05) is 18.9 Å². The van der Waals surface area contributed by atoms with E-state index >= 15 is 0 Å². The van der Waals surface area contributed by atoms with Gasteiger partial charge in [0.1, 0.15) is 0 Å². The maximum absolute atomic E-state index is 12.9. The Morgan fingerprint density at radius 1 is 1.10 bits per heavy atom. The number of nitrogens with one attached hydrogen (secondary N) is 1. The van der Waals surface area contributed by atoms with Gasteiger partial charge in [-0.15, -0.1) is 0 Å². The predicted molar refractivity (Wildman–Crippen MR) is 68.4 cm³/mol. The number of rotatable bonds is 3. The minimum absolute atomic E-state index is 0.169. The second kappa shape index (κ2) is 5.91. The molecular formula is C14H18F3NO2. The zero-order valence-electron chi connectivity index (χ0n) is 11.0. The molecule has 2 atom stereocenters. The van der Waals surface area contributed by atoms with Crippen molar-refractivity contribution in [3.63, 3.8) is 0 Å². The third kappa shape index (κ3) is 3.56. The predicted octanol–water partition coefficient (Wildman–Crippen LogP) is 3.31. The van der Waals surface area contributed by atoms with Gasteiger partial charge in [0.25, 0.3) is 0 Å². The smallest absolute Gasteiger partial charge is 0.393 e. The molecule has 0 radical (unpaired) electrons. The molecule has 1 aromatic rings. The summed E-state index contributed by atoms with van der Waals surface area (Å²) in [6, 6.07) is 3.68. The molecule has 6 heteroatoms. The Morgan fingerprint density at radius 3 is 2.45 bits per heavy atom. The summed E-state index contributed by atoms with van der Waals surface area (Å²) < 4.78 is 38.8. The van der Waals surface area contributed by atoms with Crippen LogP contribution in [-0.2, 0) is 6.54 Å². The maximum atomic E-state index is 12.9. The lowest BCUT2D eigenvalue weighted by molar-refractivity contribution is -0.189. The molecule has 3 nitrogen and oxygen atoms in total. The van der Waals surface area contributed by atoms with Crippen LogP contribution in [0.5, 0.6) is 11.5 Å². The van der Waals surface area contributed by atoms with Crippen LogP contribution in [0.3, 0.4) is 0 Å². The minimum Gasteiger partial charge on any atom is -0.504 e. The topological polar surface area (TPSA) is 52.5 Å². The van der Waals surface area contributed by atoms with Gasteiger partial charge in [-0.3, -0.25) is 0 Å². The van der Waals surface area contributed by atoms with E-state index in [1.165, 1.54) is 12.1 Å². The largest absolute Gasteiger partial charge is 0.504 e. The average Bonchev–Trinajstić information content (AvgIpc) is 2.39. The maximum Gasteiger partial charge on any atom is 0.393 e. The Balaban J connectivity index is 1.99. The summed E-state index contributed by atoms with van der Waals surface area (Å²) in [6.07, 6.45) is -2.08. The molecular weight excluding hydrogens is 271 g/mol. The highest BCUT2D eigenvalue weighted by molar-refractivity contribution is 5.40. The molecule has 2 unspecified atom stereocenters. The van der Waals surface area contributed by atoms with Gasteiger partial charge in [-0.05, 0) is 30.5 Å². The fourth-order valence-corrected chi connectivity index (χ4v) is 2.69. The van der Waals surface area contributed by atoms with Gasteiger partial charge >= 0.3 is 6.18 Å². The highest BCUT2D eigenvalue weighted by Gasteiger charge is 2.45. The van der Waals surface area contributed by atoms with Crippen LogP contribution in [0.25, 0.3) is 0 Å². The highest BCUT2D eigenvalue weighted by Crippen LogP contribution is 2.37. The molecule has 0 bridgehead atoms. The highest BCUT2D eigenvalue weighted by atomic mass is 19.4. The van der Waals surface area contributed by atoms with E-state index in [9.17, 15) is 23.4 Å². The van der Waals surface area contributed by atoms with Crippen molar-refractivity contribution in [3.05, 3.63) is 23.8 Å². The molecule has 2 rings (SSSR count). The van der Waals surface area contributed by atoms with Gasteiger partial charge < -0.3 is 15.5 Å². The summed E-state index contributed by atoms with van der Waals surface area (Å²) in [7, 11) is 0. The van der Waals surface area contributed by atoms with Crippen molar-refractivity contribution >= 4 is 0 Å². The van der Waals surface area contributed by atoms with E-state index in [-0.39, 0.29) is 24.5 Å². The monoisotopic (exact) mass is 289 g/mol. The molecule has 1 aliphatic carbocycles. The average molecular weight is 289 g/mol. The van der Waals surface area contributed by atoms with Crippen LogP contribution in [0.1, 0.15) is 31.2 Å². The quantitative estimate of drug-likeness (QED) is 0.748. The van der Waals surface area contributed by atoms with Crippen LogP contribution in [-0.4, -0.2) is 22.4 Å². The van der Waals surface area contributed by atoms with Crippen molar-refractivity contribution in [2.75, 3.05) is 0 Å². The van der Waals surface area contributed by atoms with E-state index in [0.717, 1.165) is 6.42 Å². The second-order valence-electron chi connectivity index (χ2n) is 5.24. The fourth-order valence-electron chi connectivity index (χ4n) is 2.69. The Morgan fingerprint density at radius 2 is 1.80 bits per heavy atom. The van der Waals surface area contributed by atoms with Gasteiger partial charge in [0.15, 0.2) is 11.5 Å². The summed E-state index contributed by atoms with van der Waals surface area (Å²) in [5.41, 5.74) is 0.645. The van der Waals surface area contributed by atoms with Crippen molar-refractivity contribution in [2.45, 2.75) is 44.4 Å². The van der Waals surface area contributed by atoms with Crippen LogP contribution in [0.15, 0.2) is 18.2 Å². The van der Waals surface area contributed by atoms with Crippen molar-refractivity contribution < 1.29 is 23.4 Å². The molecule has 0 spiro atoms. The number of phenolic OH excluding ortho intramolecular Hbond substituents is 2. The van der Waals surface area contributed by atoms with E-state index in [4.69, 9.17) is 0 Å². The number of hydrogen-bond acceptors (Lipinski definition) is 3. The van der Waals surface area contributed by atoms with Crippen molar-refractivity contribution in [3.8, 4) is 11.5 Å². The van der Waals surface area contributed by atoms with Gasteiger partial charge in [-0.2, -0.15) is 13.2 Å². The number of benzene rings is 1. The second-order valence-corrected chi connectivity index (χ2v) is 5.24. The lowest BCUT2D eigenvalue weighted by Gasteiger charge is -2.33. The normalized spacial score (nSPS) is 23.8. The molecule has 20 heavy (non-hydrogen) atoms. The van der Waals surface area contributed by atoms with E-state index in [0.29, 0.717) is 18.4 Å². The van der Waals surface area contributed by atoms with Crippen LogP contribution < -0.4 is 5.32 Å². The first-order valence-electron chi connectivity index (χ1n) is 6.69. The van der Waals surface area contributed by atoms with Crippen molar-refractivity contribution in [1.82, 2.24) is 5.32 Å². The third-order valence-electron chi connectivity index (χ3n) is 3.79. The number of phenols is 2. The summed E-state index contributed by atoms with van der Waals surface area (Å²) >= 11 is 0. The molecule has 1 saturated carbocycles. The molecule has 1 aromatic carbocycles. The lowest BCUT2D eigenvalue weighted by atomic mass is 9.84. The molecule has 112 valence electrons. The van der Waals surface area contributed by atoms with Gasteiger partial charge in [0.05, 0.1) is 5.92 Å². The number of aromatic hydroxyl groups is 2. The molecule has 1 fully saturated rings. The molecule has 0 heterocycles. The molecule has 0 saturated heterocycles. The summed E-state index contributed by atoms with van der Waals surface area (Å²) in [6.45, 7) is 0.241. The first-order chi connectivity index (χ1) is 9.38. The number of halogens is 3. The summed E-state index contributed by atoms with van der Waals surface area (Å²) in [5.74, 6) is -1.80. The van der Waals surface area contributed by atoms with Gasteiger partial charge in [-0.25, -0.2) is 0 Å². The van der Waals surface area contributed by atoms with E-state index in [1.54, 1.807) is 6.07 Å². The Hall–Kier alpha value is -1.43. The Labute approximate surface area is 115 Å². The lowest BCUT2D eigenvalue weighted by Crippen LogP contribution is -2.45. The Bertz CT molecular complexity index is 462. The number of alkyl halides is 3. The minimum atomic E-state index is -4.17. The molecule has 0 aromatic heterocycles. The summed E-state index contributed by atoms with van der Waals surface area (Å²) in [5, 5.41) is 21.5. The summed E-state index contributed by atoms with van der Waals surface area (Å²) in [4.78, 5) is 0. The first-order valence-corrected chi connectivity index (χ1v) is 6.69.